The molecule has 0 aliphatic rings. The van der Waals surface area contributed by atoms with Crippen LogP contribution in [0.3, 0.4) is 0 Å². The maximum Gasteiger partial charge on any atom is 0.0888 e. The predicted molar refractivity (Wildman–Crippen MR) is 70.9 cm³/mol. The van der Waals surface area contributed by atoms with Gasteiger partial charge in [-0.05, 0) is 17.9 Å². The molecule has 0 spiro atoms. The van der Waals surface area contributed by atoms with Crippen molar-refractivity contribution >= 4 is 0 Å². The summed E-state index contributed by atoms with van der Waals surface area (Å²) in [6, 6.07) is 8.56. The van der Waals surface area contributed by atoms with Crippen LogP contribution in [0.15, 0.2) is 36.7 Å². The van der Waals surface area contributed by atoms with E-state index < -0.39 is 0 Å². The van der Waals surface area contributed by atoms with Crippen molar-refractivity contribution in [3.63, 3.8) is 0 Å². The van der Waals surface area contributed by atoms with Crippen molar-refractivity contribution in [3.05, 3.63) is 47.9 Å². The fourth-order valence-corrected chi connectivity index (χ4v) is 1.74. The Morgan fingerprint density at radius 3 is 2.12 bits per heavy atom. The topological polar surface area (TPSA) is 25.8 Å². The van der Waals surface area contributed by atoms with Crippen LogP contribution in [0.1, 0.15) is 32.0 Å². The van der Waals surface area contributed by atoms with E-state index >= 15 is 0 Å². The zero-order valence-electron chi connectivity index (χ0n) is 10.9. The van der Waals surface area contributed by atoms with Crippen LogP contribution in [0.5, 0.6) is 0 Å². The molecule has 0 aliphatic heterocycles. The van der Waals surface area contributed by atoms with Crippen molar-refractivity contribution in [2.75, 3.05) is 0 Å². The first-order valence-electron chi connectivity index (χ1n) is 5.86. The Kier molecular flexibility index (Phi) is 2.97. The second-order valence-corrected chi connectivity index (χ2v) is 5.37. The summed E-state index contributed by atoms with van der Waals surface area (Å²) < 4.78 is 0. The molecule has 2 aromatic rings. The summed E-state index contributed by atoms with van der Waals surface area (Å²) >= 11 is 0. The summed E-state index contributed by atoms with van der Waals surface area (Å²) in [6.45, 7) is 8.61. The second-order valence-electron chi connectivity index (χ2n) is 5.37. The first-order chi connectivity index (χ1) is 7.97. The Morgan fingerprint density at radius 2 is 1.59 bits per heavy atom. The fourth-order valence-electron chi connectivity index (χ4n) is 1.74. The van der Waals surface area contributed by atoms with Crippen LogP contribution in [0.4, 0.5) is 0 Å². The Labute approximate surface area is 103 Å². The SMILES string of the molecule is Cc1cncc(-c2ccc(C(C)(C)C)cc2)n1. The van der Waals surface area contributed by atoms with Crippen LogP contribution >= 0.6 is 0 Å². The summed E-state index contributed by atoms with van der Waals surface area (Å²) in [7, 11) is 0. The average Bonchev–Trinajstić information content (AvgIpc) is 2.28. The highest BCUT2D eigenvalue weighted by atomic mass is 14.8. The van der Waals surface area contributed by atoms with Gasteiger partial charge >= 0.3 is 0 Å². The standard InChI is InChI=1S/C15H18N2/c1-11-9-16-10-14(17-11)12-5-7-13(8-6-12)15(2,3)4/h5-10H,1-4H3. The molecule has 88 valence electrons. The van der Waals surface area contributed by atoms with E-state index in [-0.39, 0.29) is 5.41 Å². The van der Waals surface area contributed by atoms with E-state index in [9.17, 15) is 0 Å². The molecule has 1 aromatic heterocycles. The summed E-state index contributed by atoms with van der Waals surface area (Å²) in [6.07, 6.45) is 3.58. The molecular formula is C15H18N2. The van der Waals surface area contributed by atoms with Crippen LogP contribution in [0.25, 0.3) is 11.3 Å². The van der Waals surface area contributed by atoms with Gasteiger partial charge in [0.25, 0.3) is 0 Å². The second kappa shape index (κ2) is 4.28. The number of nitrogens with zero attached hydrogens (tertiary/aromatic N) is 2. The van der Waals surface area contributed by atoms with Gasteiger partial charge in [0.15, 0.2) is 0 Å². The predicted octanol–water partition coefficient (Wildman–Crippen LogP) is 3.75. The van der Waals surface area contributed by atoms with E-state index in [0.717, 1.165) is 17.0 Å². The van der Waals surface area contributed by atoms with Crippen molar-refractivity contribution in [1.29, 1.82) is 0 Å². The van der Waals surface area contributed by atoms with Gasteiger partial charge in [-0.25, -0.2) is 4.98 Å². The molecule has 2 rings (SSSR count). The minimum Gasteiger partial charge on any atom is -0.261 e. The lowest BCUT2D eigenvalue weighted by molar-refractivity contribution is 0.590. The Balaban J connectivity index is 2.36. The molecule has 1 aromatic carbocycles. The van der Waals surface area contributed by atoms with Crippen LogP contribution in [-0.4, -0.2) is 9.97 Å². The van der Waals surface area contributed by atoms with Gasteiger partial charge in [-0.3, -0.25) is 4.98 Å². The normalized spacial score (nSPS) is 11.5. The van der Waals surface area contributed by atoms with Crippen LogP contribution < -0.4 is 0 Å². The van der Waals surface area contributed by atoms with Gasteiger partial charge in [-0.15, -0.1) is 0 Å². The molecule has 0 aliphatic carbocycles. The third-order valence-electron chi connectivity index (χ3n) is 2.80. The highest BCUT2D eigenvalue weighted by Crippen LogP contribution is 2.25. The highest BCUT2D eigenvalue weighted by molar-refractivity contribution is 5.58. The van der Waals surface area contributed by atoms with Crippen LogP contribution in [0.2, 0.25) is 0 Å². The third kappa shape index (κ3) is 2.70. The zero-order chi connectivity index (χ0) is 12.5. The summed E-state index contributed by atoms with van der Waals surface area (Å²) in [5.41, 5.74) is 4.53. The van der Waals surface area contributed by atoms with Gasteiger partial charge in [0.1, 0.15) is 0 Å². The summed E-state index contributed by atoms with van der Waals surface area (Å²) in [5, 5.41) is 0. The average molecular weight is 226 g/mol. The molecule has 0 radical (unpaired) electrons. The summed E-state index contributed by atoms with van der Waals surface area (Å²) in [4.78, 5) is 8.64. The molecule has 0 bridgehead atoms. The van der Waals surface area contributed by atoms with Crippen LogP contribution in [-0.2, 0) is 5.41 Å². The third-order valence-corrected chi connectivity index (χ3v) is 2.80. The van der Waals surface area contributed by atoms with Crippen molar-refractivity contribution in [2.45, 2.75) is 33.1 Å². The van der Waals surface area contributed by atoms with Gasteiger partial charge in [0, 0.05) is 11.8 Å². The molecule has 0 saturated carbocycles. The molecule has 0 fully saturated rings. The van der Waals surface area contributed by atoms with Gasteiger partial charge in [0.2, 0.25) is 0 Å². The smallest absolute Gasteiger partial charge is 0.0888 e. The molecule has 0 N–H and O–H groups in total. The number of aromatic nitrogens is 2. The molecule has 0 atom stereocenters. The first kappa shape index (κ1) is 11.8. The molecular weight excluding hydrogens is 208 g/mol. The number of aryl methyl sites for hydroxylation is 1. The Bertz CT molecular complexity index is 507. The Hall–Kier alpha value is -1.70. The molecule has 2 heteroatoms. The first-order valence-corrected chi connectivity index (χ1v) is 5.86. The van der Waals surface area contributed by atoms with Crippen LogP contribution in [0, 0.1) is 6.92 Å². The van der Waals surface area contributed by atoms with E-state index in [1.54, 1.807) is 12.4 Å². The summed E-state index contributed by atoms with van der Waals surface area (Å²) in [5.74, 6) is 0. The number of hydrogen-bond acceptors (Lipinski definition) is 2. The van der Waals surface area contributed by atoms with E-state index in [4.69, 9.17) is 0 Å². The molecule has 0 saturated heterocycles. The molecule has 2 nitrogen and oxygen atoms in total. The van der Waals surface area contributed by atoms with Gasteiger partial charge in [-0.2, -0.15) is 0 Å². The van der Waals surface area contributed by atoms with E-state index in [1.807, 2.05) is 6.92 Å². The maximum atomic E-state index is 4.47. The lowest BCUT2D eigenvalue weighted by Crippen LogP contribution is -2.10. The van der Waals surface area contributed by atoms with E-state index in [1.165, 1.54) is 5.56 Å². The maximum absolute atomic E-state index is 4.47. The quantitative estimate of drug-likeness (QED) is 0.740. The minimum atomic E-state index is 0.191. The lowest BCUT2D eigenvalue weighted by Gasteiger charge is -2.19. The highest BCUT2D eigenvalue weighted by Gasteiger charge is 2.13. The molecule has 17 heavy (non-hydrogen) atoms. The molecule has 0 amide bonds. The number of benzene rings is 1. The van der Waals surface area contributed by atoms with E-state index in [2.05, 4.69) is 55.0 Å². The van der Waals surface area contributed by atoms with Crippen molar-refractivity contribution in [2.24, 2.45) is 0 Å². The number of hydrogen-bond donors (Lipinski definition) is 0. The van der Waals surface area contributed by atoms with Gasteiger partial charge in [-0.1, -0.05) is 45.0 Å². The molecule has 1 heterocycles. The Morgan fingerprint density at radius 1 is 0.941 bits per heavy atom. The number of rotatable bonds is 1. The zero-order valence-corrected chi connectivity index (χ0v) is 10.9. The van der Waals surface area contributed by atoms with Crippen molar-refractivity contribution in [1.82, 2.24) is 9.97 Å². The fraction of sp³-hybridized carbons (Fsp3) is 0.333. The minimum absolute atomic E-state index is 0.191. The van der Waals surface area contributed by atoms with Crippen molar-refractivity contribution < 1.29 is 0 Å². The van der Waals surface area contributed by atoms with Crippen molar-refractivity contribution in [3.8, 4) is 11.3 Å². The lowest BCUT2D eigenvalue weighted by atomic mass is 9.86. The van der Waals surface area contributed by atoms with Gasteiger partial charge in [0.05, 0.1) is 17.6 Å². The largest absolute Gasteiger partial charge is 0.261 e. The van der Waals surface area contributed by atoms with Gasteiger partial charge < -0.3 is 0 Å². The van der Waals surface area contributed by atoms with E-state index in [0.29, 0.717) is 0 Å². The monoisotopic (exact) mass is 226 g/mol. The molecule has 0 unspecified atom stereocenters.